The lowest BCUT2D eigenvalue weighted by atomic mass is 9.90. The molecule has 0 amide bonds. The molecule has 0 N–H and O–H groups in total. The van der Waals surface area contributed by atoms with Gasteiger partial charge in [-0.15, -0.1) is 0 Å². The normalized spacial score (nSPS) is 17.5. The highest BCUT2D eigenvalue weighted by Crippen LogP contribution is 2.33. The summed E-state index contributed by atoms with van der Waals surface area (Å²) in [5.74, 6) is 0.729. The summed E-state index contributed by atoms with van der Waals surface area (Å²) >= 11 is 0. The number of rotatable bonds is 5. The maximum absolute atomic E-state index is 2.35. The Morgan fingerprint density at radius 3 is 2.24 bits per heavy atom. The average Bonchev–Trinajstić information content (AvgIpc) is 2.81. The van der Waals surface area contributed by atoms with Crippen LogP contribution >= 0.6 is 0 Å². The van der Waals surface area contributed by atoms with E-state index in [4.69, 9.17) is 0 Å². The Balaban J connectivity index is 2.66. The summed E-state index contributed by atoms with van der Waals surface area (Å²) in [5.41, 5.74) is 4.99. The van der Waals surface area contributed by atoms with Gasteiger partial charge in [-0.1, -0.05) is 48.8 Å². The molecule has 0 atom stereocenters. The van der Waals surface area contributed by atoms with E-state index in [9.17, 15) is 0 Å². The molecule has 0 aromatic rings. The zero-order valence-corrected chi connectivity index (χ0v) is 12.1. The van der Waals surface area contributed by atoms with Crippen LogP contribution in [0.5, 0.6) is 0 Å². The molecule has 1 aliphatic rings. The molecule has 1 saturated carbocycles. The predicted octanol–water partition coefficient (Wildman–Crippen LogP) is 5.82. The van der Waals surface area contributed by atoms with Crippen molar-refractivity contribution in [1.29, 1.82) is 0 Å². The van der Waals surface area contributed by atoms with E-state index in [2.05, 4.69) is 45.9 Å². The molecule has 0 spiro atoms. The van der Waals surface area contributed by atoms with Crippen molar-refractivity contribution >= 4 is 0 Å². The second-order valence-corrected chi connectivity index (χ2v) is 5.35. The molecule has 0 radical (unpaired) electrons. The van der Waals surface area contributed by atoms with E-state index in [1.54, 1.807) is 11.1 Å². The molecule has 0 heteroatoms. The molecule has 0 unspecified atom stereocenters. The smallest absolute Gasteiger partial charge is 0.0245 e. The van der Waals surface area contributed by atoms with Gasteiger partial charge >= 0.3 is 0 Å². The molecule has 96 valence electrons. The standard InChI is InChI=1S/C17H28/c1-5-9-15(6-2)12-13-17(14(3)4)16-10-7-8-11-16/h5-6,9,14H,7-8,10-13H2,1-4H3. The average molecular weight is 232 g/mol. The van der Waals surface area contributed by atoms with E-state index in [1.807, 2.05) is 0 Å². The Morgan fingerprint density at radius 1 is 1.12 bits per heavy atom. The lowest BCUT2D eigenvalue weighted by Crippen LogP contribution is -1.99. The highest BCUT2D eigenvalue weighted by Gasteiger charge is 2.14. The molecule has 0 aliphatic heterocycles. The van der Waals surface area contributed by atoms with Crippen molar-refractivity contribution in [2.24, 2.45) is 5.92 Å². The van der Waals surface area contributed by atoms with Crippen molar-refractivity contribution in [3.63, 3.8) is 0 Å². The number of hydrogen-bond donors (Lipinski definition) is 0. The van der Waals surface area contributed by atoms with Crippen molar-refractivity contribution in [1.82, 2.24) is 0 Å². The quantitative estimate of drug-likeness (QED) is 0.414. The van der Waals surface area contributed by atoms with Gasteiger partial charge in [0.15, 0.2) is 0 Å². The fourth-order valence-electron chi connectivity index (χ4n) is 2.81. The first-order valence-electron chi connectivity index (χ1n) is 7.17. The maximum Gasteiger partial charge on any atom is -0.0245 e. The SMILES string of the molecule is CC=CC(=CC)CCC(=C1CCCC1)C(C)C. The number of allylic oxidation sites excluding steroid dienone is 6. The number of hydrogen-bond acceptors (Lipinski definition) is 0. The lowest BCUT2D eigenvalue weighted by Gasteiger charge is -2.16. The molecule has 1 fully saturated rings. The largest absolute Gasteiger partial charge is 0.0874 e. The minimum absolute atomic E-state index is 0.729. The van der Waals surface area contributed by atoms with Crippen LogP contribution in [0.2, 0.25) is 0 Å². The van der Waals surface area contributed by atoms with Gasteiger partial charge < -0.3 is 0 Å². The van der Waals surface area contributed by atoms with E-state index in [1.165, 1.54) is 44.1 Å². The van der Waals surface area contributed by atoms with Crippen molar-refractivity contribution in [2.45, 2.75) is 66.2 Å². The van der Waals surface area contributed by atoms with Crippen LogP contribution in [0, 0.1) is 5.92 Å². The van der Waals surface area contributed by atoms with Crippen molar-refractivity contribution in [3.8, 4) is 0 Å². The van der Waals surface area contributed by atoms with Gasteiger partial charge in [-0.3, -0.25) is 0 Å². The Bertz CT molecular complexity index is 305. The third-order valence-corrected chi connectivity index (χ3v) is 3.79. The second-order valence-electron chi connectivity index (χ2n) is 5.35. The molecule has 17 heavy (non-hydrogen) atoms. The molecule has 0 aromatic carbocycles. The predicted molar refractivity (Wildman–Crippen MR) is 78.1 cm³/mol. The highest BCUT2D eigenvalue weighted by molar-refractivity contribution is 5.23. The van der Waals surface area contributed by atoms with Gasteiger partial charge in [0.25, 0.3) is 0 Å². The van der Waals surface area contributed by atoms with Gasteiger partial charge in [-0.25, -0.2) is 0 Å². The van der Waals surface area contributed by atoms with Gasteiger partial charge in [0.1, 0.15) is 0 Å². The summed E-state index contributed by atoms with van der Waals surface area (Å²) in [6, 6.07) is 0. The van der Waals surface area contributed by atoms with Crippen LogP contribution in [-0.2, 0) is 0 Å². The van der Waals surface area contributed by atoms with Gasteiger partial charge in [0.2, 0.25) is 0 Å². The van der Waals surface area contributed by atoms with Crippen molar-refractivity contribution < 1.29 is 0 Å². The summed E-state index contributed by atoms with van der Waals surface area (Å²) in [4.78, 5) is 0. The molecular formula is C17H28. The Kier molecular flexibility index (Phi) is 6.32. The van der Waals surface area contributed by atoms with Crippen molar-refractivity contribution in [2.75, 3.05) is 0 Å². The monoisotopic (exact) mass is 232 g/mol. The Morgan fingerprint density at radius 2 is 1.76 bits per heavy atom. The fourth-order valence-corrected chi connectivity index (χ4v) is 2.81. The third kappa shape index (κ3) is 4.53. The van der Waals surface area contributed by atoms with E-state index >= 15 is 0 Å². The summed E-state index contributed by atoms with van der Waals surface area (Å²) in [7, 11) is 0. The minimum Gasteiger partial charge on any atom is -0.0874 e. The molecule has 0 aromatic heterocycles. The van der Waals surface area contributed by atoms with Gasteiger partial charge in [0, 0.05) is 0 Å². The summed E-state index contributed by atoms with van der Waals surface area (Å²) < 4.78 is 0. The molecule has 1 aliphatic carbocycles. The topological polar surface area (TPSA) is 0 Å². The highest BCUT2D eigenvalue weighted by atomic mass is 14.2. The van der Waals surface area contributed by atoms with E-state index in [0.29, 0.717) is 0 Å². The molecule has 0 nitrogen and oxygen atoms in total. The second kappa shape index (κ2) is 7.53. The first-order chi connectivity index (χ1) is 8.19. The van der Waals surface area contributed by atoms with Crippen LogP contribution in [0.25, 0.3) is 0 Å². The lowest BCUT2D eigenvalue weighted by molar-refractivity contribution is 0.689. The van der Waals surface area contributed by atoms with Crippen LogP contribution in [0.1, 0.15) is 66.2 Å². The van der Waals surface area contributed by atoms with Gasteiger partial charge in [-0.05, 0) is 58.3 Å². The third-order valence-electron chi connectivity index (χ3n) is 3.79. The molecule has 0 bridgehead atoms. The minimum atomic E-state index is 0.729. The van der Waals surface area contributed by atoms with Gasteiger partial charge in [-0.2, -0.15) is 0 Å². The zero-order valence-electron chi connectivity index (χ0n) is 12.1. The van der Waals surface area contributed by atoms with E-state index in [-0.39, 0.29) is 0 Å². The van der Waals surface area contributed by atoms with Crippen LogP contribution < -0.4 is 0 Å². The van der Waals surface area contributed by atoms with Crippen LogP contribution in [0.3, 0.4) is 0 Å². The summed E-state index contributed by atoms with van der Waals surface area (Å²) in [6.45, 7) is 8.95. The Labute approximate surface area is 108 Å². The molecule has 1 rings (SSSR count). The van der Waals surface area contributed by atoms with Crippen LogP contribution in [-0.4, -0.2) is 0 Å². The van der Waals surface area contributed by atoms with E-state index < -0.39 is 0 Å². The molecule has 0 saturated heterocycles. The maximum atomic E-state index is 2.35. The first kappa shape index (κ1) is 14.3. The summed E-state index contributed by atoms with van der Waals surface area (Å²) in [6.07, 6.45) is 14.7. The Hall–Kier alpha value is -0.780. The zero-order chi connectivity index (χ0) is 12.7. The van der Waals surface area contributed by atoms with Crippen LogP contribution in [0.4, 0.5) is 0 Å². The van der Waals surface area contributed by atoms with Gasteiger partial charge in [0.05, 0.1) is 0 Å². The first-order valence-corrected chi connectivity index (χ1v) is 7.17. The molecule has 0 heterocycles. The van der Waals surface area contributed by atoms with Crippen molar-refractivity contribution in [3.05, 3.63) is 34.9 Å². The fraction of sp³-hybridized carbons (Fsp3) is 0.647. The van der Waals surface area contributed by atoms with E-state index in [0.717, 1.165) is 5.92 Å². The van der Waals surface area contributed by atoms with Crippen LogP contribution in [0.15, 0.2) is 34.9 Å². The molecular weight excluding hydrogens is 204 g/mol. The summed E-state index contributed by atoms with van der Waals surface area (Å²) in [5, 5.41) is 0.